The van der Waals surface area contributed by atoms with Crippen LogP contribution in [-0.4, -0.2) is 44.7 Å². The van der Waals surface area contributed by atoms with Crippen molar-refractivity contribution in [2.24, 2.45) is 0 Å². The van der Waals surface area contributed by atoms with E-state index in [2.05, 4.69) is 26.2 Å². The molecule has 0 radical (unpaired) electrons. The topological polar surface area (TPSA) is 97.8 Å². The van der Waals surface area contributed by atoms with Gasteiger partial charge in [-0.15, -0.1) is 10.2 Å². The van der Waals surface area contributed by atoms with Gasteiger partial charge >= 0.3 is 0 Å². The lowest BCUT2D eigenvalue weighted by molar-refractivity contribution is -0.113. The third kappa shape index (κ3) is 4.97. The number of rotatable bonds is 10. The van der Waals surface area contributed by atoms with Crippen molar-refractivity contribution in [3.05, 3.63) is 53.0 Å². The van der Waals surface area contributed by atoms with Crippen molar-refractivity contribution in [1.29, 1.82) is 5.26 Å². The molecule has 4 rings (SSSR count). The van der Waals surface area contributed by atoms with Crippen molar-refractivity contribution in [2.75, 3.05) is 24.8 Å². The lowest BCUT2D eigenvalue weighted by Crippen LogP contribution is -2.19. The van der Waals surface area contributed by atoms with Crippen molar-refractivity contribution in [3.63, 3.8) is 0 Å². The highest BCUT2D eigenvalue weighted by Gasteiger charge is 2.31. The zero-order valence-electron chi connectivity index (χ0n) is 19.2. The fraction of sp³-hybridized carbons (Fsp3) is 0.417. The second kappa shape index (κ2) is 10.2. The van der Waals surface area contributed by atoms with Gasteiger partial charge in [0.2, 0.25) is 5.91 Å². The molecule has 0 saturated heterocycles. The van der Waals surface area contributed by atoms with Gasteiger partial charge in [0.25, 0.3) is 0 Å². The first-order chi connectivity index (χ1) is 16.0. The number of amides is 1. The number of hydrogen-bond acceptors (Lipinski definition) is 6. The van der Waals surface area contributed by atoms with Crippen LogP contribution < -0.4 is 5.32 Å². The number of ether oxygens (including phenoxy) is 1. The number of nitriles is 1. The Bertz CT molecular complexity index is 1170. The zero-order chi connectivity index (χ0) is 23.4. The molecule has 172 valence electrons. The second-order valence-electron chi connectivity index (χ2n) is 8.17. The lowest BCUT2D eigenvalue weighted by Gasteiger charge is -2.13. The van der Waals surface area contributed by atoms with E-state index >= 15 is 0 Å². The fourth-order valence-electron chi connectivity index (χ4n) is 3.88. The molecule has 2 aromatic heterocycles. The average Bonchev–Trinajstić information content (AvgIpc) is 3.54. The van der Waals surface area contributed by atoms with Gasteiger partial charge in [0.05, 0.1) is 11.3 Å². The van der Waals surface area contributed by atoms with E-state index in [1.54, 1.807) is 7.11 Å². The molecule has 1 aliphatic carbocycles. The molecule has 8 nitrogen and oxygen atoms in total. The Balaban J connectivity index is 1.51. The first-order valence-electron chi connectivity index (χ1n) is 11.1. The lowest BCUT2D eigenvalue weighted by atomic mass is 10.2. The van der Waals surface area contributed by atoms with Crippen LogP contribution in [-0.2, 0) is 16.1 Å². The van der Waals surface area contributed by atoms with Crippen LogP contribution in [0.1, 0.15) is 47.8 Å². The summed E-state index contributed by atoms with van der Waals surface area (Å²) in [6.45, 7) is 5.15. The summed E-state index contributed by atoms with van der Waals surface area (Å²) in [5.41, 5.74) is 3.36. The number of nitrogens with zero attached hydrogens (tertiary/aromatic N) is 5. The third-order valence-corrected chi connectivity index (χ3v) is 6.81. The van der Waals surface area contributed by atoms with Crippen LogP contribution in [0.4, 0.5) is 5.82 Å². The van der Waals surface area contributed by atoms with E-state index in [9.17, 15) is 10.1 Å². The quantitative estimate of drug-likeness (QED) is 0.357. The normalized spacial score (nSPS) is 13.2. The number of carbonyl (C=O) groups is 1. The maximum atomic E-state index is 12.9. The van der Waals surface area contributed by atoms with Crippen LogP contribution in [0.3, 0.4) is 0 Å². The number of anilines is 1. The monoisotopic (exact) mass is 464 g/mol. The van der Waals surface area contributed by atoms with Crippen molar-refractivity contribution in [3.8, 4) is 11.8 Å². The molecule has 0 unspecified atom stereocenters. The summed E-state index contributed by atoms with van der Waals surface area (Å²) in [4.78, 5) is 12.9. The van der Waals surface area contributed by atoms with Crippen LogP contribution >= 0.6 is 11.8 Å². The highest BCUT2D eigenvalue weighted by molar-refractivity contribution is 7.99. The summed E-state index contributed by atoms with van der Waals surface area (Å²) >= 11 is 1.35. The Morgan fingerprint density at radius 2 is 2.03 bits per heavy atom. The van der Waals surface area contributed by atoms with Crippen LogP contribution in [0.2, 0.25) is 0 Å². The first kappa shape index (κ1) is 23.1. The van der Waals surface area contributed by atoms with Gasteiger partial charge in [-0.2, -0.15) is 5.26 Å². The molecule has 0 atom stereocenters. The van der Waals surface area contributed by atoms with Crippen molar-refractivity contribution >= 4 is 23.5 Å². The molecule has 1 aliphatic rings. The summed E-state index contributed by atoms with van der Waals surface area (Å²) in [6, 6.07) is 12.2. The van der Waals surface area contributed by atoms with Gasteiger partial charge in [0, 0.05) is 37.6 Å². The maximum absolute atomic E-state index is 12.9. The Labute approximate surface area is 198 Å². The molecule has 1 saturated carbocycles. The van der Waals surface area contributed by atoms with Gasteiger partial charge in [-0.3, -0.25) is 9.36 Å². The number of hydrogen-bond donors (Lipinski definition) is 1. The fourth-order valence-corrected chi connectivity index (χ4v) is 4.63. The van der Waals surface area contributed by atoms with Gasteiger partial charge in [-0.1, -0.05) is 30.0 Å². The Kier molecular flexibility index (Phi) is 7.16. The van der Waals surface area contributed by atoms with Crippen molar-refractivity contribution < 1.29 is 9.53 Å². The summed E-state index contributed by atoms with van der Waals surface area (Å²) in [5, 5.41) is 22.1. The Hall–Kier alpha value is -3.09. The molecule has 0 spiro atoms. The van der Waals surface area contributed by atoms with E-state index in [0.29, 0.717) is 35.6 Å². The number of para-hydroxylation sites is 1. The Morgan fingerprint density at radius 1 is 1.27 bits per heavy atom. The molecule has 0 aliphatic heterocycles. The summed E-state index contributed by atoms with van der Waals surface area (Å²) < 4.78 is 9.21. The molecule has 3 aromatic rings. The number of carbonyl (C=O) groups excluding carboxylic acids is 1. The number of thioether (sulfide) groups is 1. The minimum absolute atomic E-state index is 0.169. The van der Waals surface area contributed by atoms with Crippen LogP contribution in [0, 0.1) is 25.2 Å². The average molecular weight is 465 g/mol. The van der Waals surface area contributed by atoms with Crippen LogP contribution in [0.5, 0.6) is 0 Å². The summed E-state index contributed by atoms with van der Waals surface area (Å²) in [7, 11) is 1.66. The number of nitrogens with one attached hydrogen (secondary N) is 1. The standard InChI is InChI=1S/C24H28N6O2S/c1-16-17(2)29(12-7-13-32-3)23(20(16)14-25)26-21(31)15-33-24-28-27-22(18-10-11-18)30(24)19-8-5-4-6-9-19/h4-6,8-9,18H,7,10-13,15H2,1-3H3,(H,26,31). The van der Waals surface area contributed by atoms with Crippen molar-refractivity contribution in [2.45, 2.75) is 50.7 Å². The molecule has 2 heterocycles. The predicted molar refractivity (Wildman–Crippen MR) is 128 cm³/mol. The van der Waals surface area contributed by atoms with E-state index in [4.69, 9.17) is 4.74 Å². The number of benzene rings is 1. The van der Waals surface area contributed by atoms with Gasteiger partial charge in [-0.25, -0.2) is 0 Å². The molecular formula is C24H28N6O2S. The Morgan fingerprint density at radius 3 is 2.70 bits per heavy atom. The molecule has 1 amide bonds. The van der Waals surface area contributed by atoms with Gasteiger partial charge in [-0.05, 0) is 50.8 Å². The molecule has 9 heteroatoms. The van der Waals surface area contributed by atoms with Gasteiger partial charge in [0.15, 0.2) is 5.16 Å². The van der Waals surface area contributed by atoms with Gasteiger partial charge in [0.1, 0.15) is 17.7 Å². The molecule has 33 heavy (non-hydrogen) atoms. The van der Waals surface area contributed by atoms with E-state index < -0.39 is 0 Å². The van der Waals surface area contributed by atoms with E-state index in [1.165, 1.54) is 11.8 Å². The smallest absolute Gasteiger partial charge is 0.235 e. The van der Waals surface area contributed by atoms with E-state index in [1.807, 2.05) is 48.7 Å². The summed E-state index contributed by atoms with van der Waals surface area (Å²) in [6.07, 6.45) is 3.02. The first-order valence-corrected chi connectivity index (χ1v) is 12.1. The van der Waals surface area contributed by atoms with E-state index in [-0.39, 0.29) is 11.7 Å². The highest BCUT2D eigenvalue weighted by atomic mass is 32.2. The molecule has 0 bridgehead atoms. The zero-order valence-corrected chi connectivity index (χ0v) is 20.0. The largest absolute Gasteiger partial charge is 0.385 e. The van der Waals surface area contributed by atoms with E-state index in [0.717, 1.165) is 42.0 Å². The third-order valence-electron chi connectivity index (χ3n) is 5.88. The minimum atomic E-state index is -0.183. The SMILES string of the molecule is COCCCn1c(C)c(C)c(C#N)c1NC(=O)CSc1nnc(C2CC2)n1-c1ccccc1. The minimum Gasteiger partial charge on any atom is -0.385 e. The second-order valence-corrected chi connectivity index (χ2v) is 9.11. The molecule has 1 fully saturated rings. The molecule has 1 aromatic carbocycles. The molecular weight excluding hydrogens is 436 g/mol. The highest BCUT2D eigenvalue weighted by Crippen LogP contribution is 2.41. The number of methoxy groups -OCH3 is 1. The van der Waals surface area contributed by atoms with Crippen LogP contribution in [0.25, 0.3) is 5.69 Å². The summed E-state index contributed by atoms with van der Waals surface area (Å²) in [5.74, 6) is 1.92. The number of aromatic nitrogens is 4. The predicted octanol–water partition coefficient (Wildman–Crippen LogP) is 4.20. The van der Waals surface area contributed by atoms with Gasteiger partial charge < -0.3 is 14.6 Å². The van der Waals surface area contributed by atoms with Crippen LogP contribution in [0.15, 0.2) is 35.5 Å². The van der Waals surface area contributed by atoms with Crippen molar-refractivity contribution in [1.82, 2.24) is 19.3 Å². The maximum Gasteiger partial charge on any atom is 0.235 e. The molecule has 1 N–H and O–H groups in total.